The third-order valence-corrected chi connectivity index (χ3v) is 16.1. The molecule has 13 aromatic rings. The second-order valence-electron chi connectivity index (χ2n) is 22.1. The van der Waals surface area contributed by atoms with Crippen LogP contribution in [-0.2, 0) is 10.9 Å². The summed E-state index contributed by atoms with van der Waals surface area (Å²) in [5.74, 6) is 2.54. The molecule has 2 aliphatic carbocycles. The monoisotopic (exact) mass is 1310 g/mol. The van der Waals surface area contributed by atoms with Crippen LogP contribution in [0, 0.1) is 11.6 Å². The van der Waals surface area contributed by atoms with Gasteiger partial charge in [-0.3, -0.25) is 23.3 Å². The Hall–Kier alpha value is -10.4. The number of hydrogen-bond donors (Lipinski definition) is 5. The largest absolute Gasteiger partial charge is 0.433 e. The molecule has 478 valence electrons. The molecular weight excluding hydrogens is 1250 g/mol. The zero-order chi connectivity index (χ0) is 65.2. The van der Waals surface area contributed by atoms with Crippen molar-refractivity contribution in [3.8, 4) is 22.8 Å². The topological polar surface area (TPSA) is 322 Å². The van der Waals surface area contributed by atoms with Crippen LogP contribution in [0.25, 0.3) is 78.6 Å². The van der Waals surface area contributed by atoms with Crippen molar-refractivity contribution < 1.29 is 26.7 Å². The van der Waals surface area contributed by atoms with Gasteiger partial charge in [0.05, 0.1) is 30.8 Å². The molecule has 3 aliphatic rings. The fraction of sp³-hybridized carbons (Fsp3) is 0.258. The predicted molar refractivity (Wildman–Crippen MR) is 348 cm³/mol. The number of pyridine rings is 7. The molecule has 0 amide bonds. The summed E-state index contributed by atoms with van der Waals surface area (Å²) in [4.78, 5) is 53.0. The fourth-order valence-electron chi connectivity index (χ4n) is 10.8. The van der Waals surface area contributed by atoms with Crippen LogP contribution in [-0.4, -0.2) is 109 Å². The maximum Gasteiger partial charge on any atom is 0.433 e. The van der Waals surface area contributed by atoms with E-state index in [1.807, 2.05) is 42.6 Å². The lowest BCUT2D eigenvalue weighted by Gasteiger charge is -2.29. The molecule has 0 radical (unpaired) electrons. The van der Waals surface area contributed by atoms with Crippen LogP contribution in [0.3, 0.4) is 0 Å². The fourth-order valence-corrected chi connectivity index (χ4v) is 11.0. The molecule has 31 heteroatoms. The van der Waals surface area contributed by atoms with Gasteiger partial charge < -0.3 is 38.3 Å². The lowest BCUT2D eigenvalue weighted by molar-refractivity contribution is -0.141. The lowest BCUT2D eigenvalue weighted by atomic mass is 9.93. The molecule has 10 N–H and O–H groups in total. The van der Waals surface area contributed by atoms with Gasteiger partial charge in [-0.05, 0) is 162 Å². The van der Waals surface area contributed by atoms with Crippen LogP contribution in [0.1, 0.15) is 76.2 Å². The third-order valence-electron chi connectivity index (χ3n) is 15.7. The minimum absolute atomic E-state index is 0.101. The summed E-state index contributed by atoms with van der Waals surface area (Å²) in [6.45, 7) is 6.93. The summed E-state index contributed by atoms with van der Waals surface area (Å²) in [6, 6.07) is 30.4. The Morgan fingerprint density at radius 2 is 1.02 bits per heavy atom. The third kappa shape index (κ3) is 13.4. The first-order valence-electron chi connectivity index (χ1n) is 29.5. The van der Waals surface area contributed by atoms with Crippen LogP contribution >= 0.6 is 23.2 Å². The standard InChI is InChI=1S/C15H15N5.C14H19N5O.C12H8ClFN4.C11H7ClFN5.C10H11F3N4/c16-15-19-13-7-6-12(10-3-2-8-17-9-10)18-14(13)20(15)11-4-1-5-11;15-14-16-11-4-5-12(18-6-8-20-9-7-18)17-13(11)19(14)10-2-1-3-10;13-10-6-5-9-11(17-10)18(12(15)16-9)8-3-1-7(14)2-4-8;12-8-3-2-7-10(17-8)18(11(14)16-7)9-4-1-6(13)5-15-9;1-5(2)17-8-6(15-9(17)14)3-4-7(16-8)10(11,12)13/h2-3,6-9,11H,1,4-5H2,(H2,16,19);4-5,10H,1-3,6-9H2,(H2,15,16);1-6H,(H2,15,16);1-5H,(H2,14,16);3-5H,1-2H3,(H2,14,15). The number of anilines is 6. The average molecular weight is 1310 g/mol. The summed E-state index contributed by atoms with van der Waals surface area (Å²) in [6.07, 6.45) is 7.43. The highest BCUT2D eigenvalue weighted by Crippen LogP contribution is 2.38. The van der Waals surface area contributed by atoms with Gasteiger partial charge >= 0.3 is 6.18 Å². The van der Waals surface area contributed by atoms with Gasteiger partial charge in [-0.1, -0.05) is 23.2 Å². The summed E-state index contributed by atoms with van der Waals surface area (Å²) in [7, 11) is 0. The highest BCUT2D eigenvalue weighted by molar-refractivity contribution is 6.30. The van der Waals surface area contributed by atoms with Gasteiger partial charge in [-0.2, -0.15) is 13.2 Å². The van der Waals surface area contributed by atoms with Gasteiger partial charge in [0.1, 0.15) is 66.9 Å². The van der Waals surface area contributed by atoms with E-state index in [4.69, 9.17) is 66.6 Å². The minimum Gasteiger partial charge on any atom is -0.378 e. The smallest absolute Gasteiger partial charge is 0.378 e. The summed E-state index contributed by atoms with van der Waals surface area (Å²) in [5, 5.41) is 0.677. The molecule has 3 fully saturated rings. The average Bonchev–Trinajstić information content (AvgIpc) is 1.69. The Balaban J connectivity index is 0.000000112. The SMILES string of the molecule is CC(C)n1c(N)nc2ccc(C(F)(F)F)nc21.Nc1nc2ccc(-c3cccnc3)nc2n1C1CCC1.Nc1nc2ccc(Cl)nc2n1-c1ccc(F)cc1.Nc1nc2ccc(Cl)nc2n1-c1ccc(F)cn1.Nc1nc2ccc(N3CCOCC3)nc2n1C1CCC1. The number of aromatic nitrogens is 17. The molecular formula is C62H60Cl2F5N23O. The zero-order valence-corrected chi connectivity index (χ0v) is 51.4. The first-order valence-corrected chi connectivity index (χ1v) is 30.2. The number of nitrogen functional groups attached to an aromatic ring is 5. The first-order chi connectivity index (χ1) is 44.8. The Morgan fingerprint density at radius 1 is 0.505 bits per heavy atom. The second-order valence-corrected chi connectivity index (χ2v) is 22.9. The lowest BCUT2D eigenvalue weighted by Crippen LogP contribution is -2.36. The molecule has 0 unspecified atom stereocenters. The van der Waals surface area contributed by atoms with Gasteiger partial charge in [0.15, 0.2) is 28.2 Å². The molecule has 12 aromatic heterocycles. The number of rotatable bonds is 7. The van der Waals surface area contributed by atoms with Crippen molar-refractivity contribution in [2.45, 2.75) is 76.7 Å². The van der Waals surface area contributed by atoms with Gasteiger partial charge in [0.25, 0.3) is 0 Å². The minimum atomic E-state index is -4.46. The van der Waals surface area contributed by atoms with E-state index >= 15 is 0 Å². The Kier molecular flexibility index (Phi) is 17.9. The number of ether oxygens (including phenoxy) is 1. The molecule has 1 aliphatic heterocycles. The molecule has 16 rings (SSSR count). The second kappa shape index (κ2) is 26.4. The van der Waals surface area contributed by atoms with Crippen molar-refractivity contribution in [3.05, 3.63) is 155 Å². The number of morpholine rings is 1. The quantitative estimate of drug-likeness (QED) is 0.0731. The Labute approximate surface area is 536 Å². The van der Waals surface area contributed by atoms with E-state index in [-0.39, 0.29) is 35.4 Å². The van der Waals surface area contributed by atoms with Crippen molar-refractivity contribution >= 4 is 115 Å². The molecule has 0 spiro atoms. The number of alkyl halides is 3. The number of nitrogens with two attached hydrogens (primary N) is 5. The number of halogens is 7. The highest BCUT2D eigenvalue weighted by Gasteiger charge is 2.33. The van der Waals surface area contributed by atoms with Gasteiger partial charge in [-0.15, -0.1) is 0 Å². The summed E-state index contributed by atoms with van der Waals surface area (Å²) < 4.78 is 77.6. The number of imidazole rings is 5. The van der Waals surface area contributed by atoms with Gasteiger partial charge in [-0.25, -0.2) is 68.2 Å². The van der Waals surface area contributed by atoms with Crippen LogP contribution < -0.4 is 33.6 Å². The summed E-state index contributed by atoms with van der Waals surface area (Å²) >= 11 is 11.7. The highest BCUT2D eigenvalue weighted by atomic mass is 35.5. The Bertz CT molecular complexity index is 4660. The van der Waals surface area contributed by atoms with Crippen LogP contribution in [0.4, 0.5) is 57.5 Å². The molecule has 1 saturated heterocycles. The van der Waals surface area contributed by atoms with Crippen LogP contribution in [0.15, 0.2) is 128 Å². The van der Waals surface area contributed by atoms with Crippen molar-refractivity contribution in [1.82, 2.24) is 82.6 Å². The molecule has 13 heterocycles. The van der Waals surface area contributed by atoms with Crippen LogP contribution in [0.5, 0.6) is 0 Å². The van der Waals surface area contributed by atoms with E-state index < -0.39 is 17.7 Å². The van der Waals surface area contributed by atoms with Gasteiger partial charge in [0, 0.05) is 49.2 Å². The van der Waals surface area contributed by atoms with Crippen molar-refractivity contribution in [2.75, 3.05) is 59.9 Å². The van der Waals surface area contributed by atoms with Crippen molar-refractivity contribution in [3.63, 3.8) is 0 Å². The molecule has 24 nitrogen and oxygen atoms in total. The van der Waals surface area contributed by atoms with Crippen LogP contribution in [0.2, 0.25) is 10.3 Å². The van der Waals surface area contributed by atoms with E-state index in [0.29, 0.717) is 73.6 Å². The van der Waals surface area contributed by atoms with E-state index in [2.05, 4.69) is 63.9 Å². The molecule has 0 atom stereocenters. The predicted octanol–water partition coefficient (Wildman–Crippen LogP) is 12.0. The first kappa shape index (κ1) is 62.8. The summed E-state index contributed by atoms with van der Waals surface area (Å²) in [5.41, 5.74) is 37.5. The van der Waals surface area contributed by atoms with E-state index in [1.54, 1.807) is 61.0 Å². The number of benzene rings is 1. The van der Waals surface area contributed by atoms with Crippen molar-refractivity contribution in [2.24, 2.45) is 0 Å². The Morgan fingerprint density at radius 3 is 1.58 bits per heavy atom. The van der Waals surface area contributed by atoms with Crippen molar-refractivity contribution in [1.29, 1.82) is 0 Å². The molecule has 93 heavy (non-hydrogen) atoms. The van der Waals surface area contributed by atoms with E-state index in [0.717, 1.165) is 90.8 Å². The maximum atomic E-state index is 12.9. The number of nitrogens with zero attached hydrogens (tertiary/aromatic N) is 18. The molecule has 0 bridgehead atoms. The number of fused-ring (bicyclic) bond motifs is 5. The molecule has 1 aromatic carbocycles. The zero-order valence-electron chi connectivity index (χ0n) is 49.9. The van der Waals surface area contributed by atoms with E-state index in [1.165, 1.54) is 65.1 Å². The normalized spacial score (nSPS) is 14.2. The van der Waals surface area contributed by atoms with Gasteiger partial charge in [0.2, 0.25) is 29.7 Å². The van der Waals surface area contributed by atoms with E-state index in [9.17, 15) is 22.0 Å². The maximum absolute atomic E-state index is 12.9. The molecule has 2 saturated carbocycles. The number of hydrogen-bond acceptors (Lipinski definition) is 19.